The van der Waals surface area contributed by atoms with E-state index in [9.17, 15) is 4.79 Å². The van der Waals surface area contributed by atoms with E-state index in [-0.39, 0.29) is 11.9 Å². The van der Waals surface area contributed by atoms with Crippen molar-refractivity contribution >= 4 is 11.7 Å². The van der Waals surface area contributed by atoms with Crippen LogP contribution in [0, 0.1) is 6.92 Å². The third kappa shape index (κ3) is 3.85. The van der Waals surface area contributed by atoms with Gasteiger partial charge in [-0.2, -0.15) is 0 Å². The Balaban J connectivity index is 1.58. The number of carbonyl (C=O) groups excluding carboxylic acids is 1. The molecule has 1 aromatic carbocycles. The minimum Gasteiger partial charge on any atom is -0.356 e. The van der Waals surface area contributed by atoms with Crippen LogP contribution in [0.15, 0.2) is 42.6 Å². The summed E-state index contributed by atoms with van der Waals surface area (Å²) in [6.07, 6.45) is 9.10. The van der Waals surface area contributed by atoms with Gasteiger partial charge in [0.1, 0.15) is 5.82 Å². The highest BCUT2D eigenvalue weighted by atomic mass is 16.2. The Bertz CT molecular complexity index is 783. The third-order valence-corrected chi connectivity index (χ3v) is 5.90. The van der Waals surface area contributed by atoms with E-state index < -0.39 is 0 Å². The zero-order valence-electron chi connectivity index (χ0n) is 16.2. The Morgan fingerprint density at radius 3 is 2.48 bits per heavy atom. The fourth-order valence-corrected chi connectivity index (χ4v) is 4.48. The summed E-state index contributed by atoms with van der Waals surface area (Å²) >= 11 is 0. The van der Waals surface area contributed by atoms with Crippen molar-refractivity contribution in [3.8, 4) is 0 Å². The molecule has 4 nitrogen and oxygen atoms in total. The molecule has 2 aliphatic rings. The van der Waals surface area contributed by atoms with Crippen LogP contribution in [0.3, 0.4) is 0 Å². The van der Waals surface area contributed by atoms with Gasteiger partial charge in [-0.15, -0.1) is 0 Å². The molecule has 1 atom stereocenters. The summed E-state index contributed by atoms with van der Waals surface area (Å²) in [6.45, 7) is 5.20. The van der Waals surface area contributed by atoms with Crippen LogP contribution in [0.25, 0.3) is 0 Å². The third-order valence-electron chi connectivity index (χ3n) is 5.90. The number of nitrogens with zero attached hydrogens (tertiary/aromatic N) is 3. The van der Waals surface area contributed by atoms with Gasteiger partial charge in [0.2, 0.25) is 0 Å². The lowest BCUT2D eigenvalue weighted by molar-refractivity contribution is 0.0611. The number of piperidine rings is 2. The van der Waals surface area contributed by atoms with Crippen LogP contribution in [0.4, 0.5) is 5.82 Å². The molecule has 1 unspecified atom stereocenters. The summed E-state index contributed by atoms with van der Waals surface area (Å²) in [5.74, 6) is 1.26. The van der Waals surface area contributed by atoms with Gasteiger partial charge in [0.25, 0.3) is 5.91 Å². The topological polar surface area (TPSA) is 36.4 Å². The van der Waals surface area contributed by atoms with Gasteiger partial charge in [-0.1, -0.05) is 18.2 Å². The Hall–Kier alpha value is -2.36. The molecule has 0 radical (unpaired) electrons. The predicted molar refractivity (Wildman–Crippen MR) is 109 cm³/mol. The maximum atomic E-state index is 13.1. The van der Waals surface area contributed by atoms with Crippen LogP contribution in [-0.2, 0) is 0 Å². The molecule has 3 heterocycles. The normalized spacial score (nSPS) is 20.6. The molecule has 0 aliphatic carbocycles. The van der Waals surface area contributed by atoms with Crippen LogP contribution in [0.2, 0.25) is 0 Å². The lowest BCUT2D eigenvalue weighted by Crippen LogP contribution is -2.38. The number of likely N-dealkylation sites (tertiary alicyclic amines) is 1. The van der Waals surface area contributed by atoms with Crippen LogP contribution in [0.1, 0.15) is 66.1 Å². The zero-order valence-corrected chi connectivity index (χ0v) is 16.2. The largest absolute Gasteiger partial charge is 0.356 e. The van der Waals surface area contributed by atoms with E-state index in [1.54, 1.807) is 0 Å². The predicted octanol–water partition coefficient (Wildman–Crippen LogP) is 4.75. The molecule has 0 saturated carbocycles. The van der Waals surface area contributed by atoms with Gasteiger partial charge in [-0.25, -0.2) is 4.98 Å². The summed E-state index contributed by atoms with van der Waals surface area (Å²) < 4.78 is 0. The molecule has 4 rings (SSSR count). The van der Waals surface area contributed by atoms with Gasteiger partial charge in [0, 0.05) is 31.4 Å². The maximum Gasteiger partial charge on any atom is 0.254 e. The Morgan fingerprint density at radius 2 is 1.74 bits per heavy atom. The van der Waals surface area contributed by atoms with Crippen LogP contribution in [-0.4, -0.2) is 35.4 Å². The zero-order chi connectivity index (χ0) is 18.6. The summed E-state index contributed by atoms with van der Waals surface area (Å²) in [5, 5.41) is 0. The number of hydrogen-bond donors (Lipinski definition) is 0. The fourth-order valence-electron chi connectivity index (χ4n) is 4.48. The summed E-state index contributed by atoms with van der Waals surface area (Å²) in [5.41, 5.74) is 3.18. The number of hydrogen-bond acceptors (Lipinski definition) is 3. The van der Waals surface area contributed by atoms with Gasteiger partial charge in [-0.3, -0.25) is 4.79 Å². The highest BCUT2D eigenvalue weighted by molar-refractivity contribution is 5.94. The number of pyridine rings is 1. The highest BCUT2D eigenvalue weighted by Gasteiger charge is 2.29. The minimum absolute atomic E-state index is 0.132. The van der Waals surface area contributed by atoms with Gasteiger partial charge in [0.15, 0.2) is 0 Å². The van der Waals surface area contributed by atoms with Crippen LogP contribution >= 0.6 is 0 Å². The first-order chi connectivity index (χ1) is 13.2. The van der Waals surface area contributed by atoms with Crippen molar-refractivity contribution in [1.82, 2.24) is 9.88 Å². The number of aryl methyl sites for hydroxylation is 1. The molecule has 2 aromatic rings. The molecule has 2 saturated heterocycles. The van der Waals surface area contributed by atoms with Gasteiger partial charge < -0.3 is 9.80 Å². The Morgan fingerprint density at radius 1 is 1.00 bits per heavy atom. The molecule has 4 heteroatoms. The molecule has 0 N–H and O–H groups in total. The molecule has 0 spiro atoms. The van der Waals surface area contributed by atoms with E-state index in [1.807, 2.05) is 36.5 Å². The first-order valence-electron chi connectivity index (χ1n) is 10.3. The van der Waals surface area contributed by atoms with Crippen molar-refractivity contribution in [1.29, 1.82) is 0 Å². The molecular formula is C23H29N3O. The lowest BCUT2D eigenvalue weighted by atomic mass is 9.94. The molecule has 2 fully saturated rings. The monoisotopic (exact) mass is 363 g/mol. The van der Waals surface area contributed by atoms with Crippen molar-refractivity contribution < 1.29 is 4.79 Å². The van der Waals surface area contributed by atoms with Crippen molar-refractivity contribution in [2.45, 2.75) is 51.5 Å². The average Bonchev–Trinajstić information content (AvgIpc) is 2.74. The average molecular weight is 364 g/mol. The number of anilines is 1. The standard InChI is InChI=1S/C23H29N3O/c1-18-16-20(17-24-22(18)25-13-7-3-8-14-25)21-12-6-9-15-26(21)23(27)19-10-4-2-5-11-19/h2,4-5,10-11,16-17,21H,3,6-9,12-15H2,1H3. The van der Waals surface area contributed by atoms with Crippen LogP contribution < -0.4 is 4.90 Å². The number of benzene rings is 1. The van der Waals surface area contributed by atoms with E-state index in [2.05, 4.69) is 22.8 Å². The number of amides is 1. The molecule has 1 amide bonds. The van der Waals surface area contributed by atoms with Crippen LogP contribution in [0.5, 0.6) is 0 Å². The number of rotatable bonds is 3. The molecule has 142 valence electrons. The highest BCUT2D eigenvalue weighted by Crippen LogP contribution is 2.33. The van der Waals surface area contributed by atoms with Crippen molar-refractivity contribution in [3.63, 3.8) is 0 Å². The van der Waals surface area contributed by atoms with Gasteiger partial charge >= 0.3 is 0 Å². The molecule has 2 aliphatic heterocycles. The Labute approximate surface area is 162 Å². The second-order valence-corrected chi connectivity index (χ2v) is 7.83. The Kier molecular flexibility index (Phi) is 5.42. The van der Waals surface area contributed by atoms with Gasteiger partial charge in [-0.05, 0) is 74.8 Å². The molecule has 27 heavy (non-hydrogen) atoms. The quantitative estimate of drug-likeness (QED) is 0.790. The van der Waals surface area contributed by atoms with Crippen molar-refractivity contribution in [2.24, 2.45) is 0 Å². The van der Waals surface area contributed by atoms with Gasteiger partial charge in [0.05, 0.1) is 6.04 Å². The second kappa shape index (κ2) is 8.12. The SMILES string of the molecule is Cc1cc(C2CCCCN2C(=O)c2ccccc2)cnc1N1CCCCC1. The molecular weight excluding hydrogens is 334 g/mol. The van der Waals surface area contributed by atoms with E-state index in [0.29, 0.717) is 0 Å². The smallest absolute Gasteiger partial charge is 0.254 e. The van der Waals surface area contributed by atoms with E-state index >= 15 is 0 Å². The summed E-state index contributed by atoms with van der Waals surface area (Å²) in [4.78, 5) is 22.4. The lowest BCUT2D eigenvalue weighted by Gasteiger charge is -2.36. The first-order valence-corrected chi connectivity index (χ1v) is 10.3. The number of aromatic nitrogens is 1. The summed E-state index contributed by atoms with van der Waals surface area (Å²) in [7, 11) is 0. The second-order valence-electron chi connectivity index (χ2n) is 7.83. The maximum absolute atomic E-state index is 13.1. The summed E-state index contributed by atoms with van der Waals surface area (Å²) in [6, 6.07) is 12.0. The van der Waals surface area contributed by atoms with E-state index in [4.69, 9.17) is 4.98 Å². The van der Waals surface area contributed by atoms with Crippen molar-refractivity contribution in [3.05, 3.63) is 59.3 Å². The van der Waals surface area contributed by atoms with E-state index in [0.717, 1.165) is 50.3 Å². The number of carbonyl (C=O) groups is 1. The van der Waals surface area contributed by atoms with Crippen molar-refractivity contribution in [2.75, 3.05) is 24.5 Å². The molecule has 0 bridgehead atoms. The minimum atomic E-state index is 0.132. The van der Waals surface area contributed by atoms with E-state index in [1.165, 1.54) is 30.4 Å². The first kappa shape index (κ1) is 18.0. The fraction of sp³-hybridized carbons (Fsp3) is 0.478. The molecule has 1 aromatic heterocycles.